The van der Waals surface area contributed by atoms with Crippen LogP contribution in [-0.2, 0) is 24.5 Å². The smallest absolute Gasteiger partial charge is 0.312 e. The first kappa shape index (κ1) is 46.5. The van der Waals surface area contributed by atoms with Gasteiger partial charge in [0.25, 0.3) is 15.9 Å². The first-order valence-electron chi connectivity index (χ1n) is 23.1. The van der Waals surface area contributed by atoms with Gasteiger partial charge in [0.05, 0.1) is 41.6 Å². The van der Waals surface area contributed by atoms with E-state index < -0.39 is 41.2 Å². The Hall–Kier alpha value is -5.63. The first-order chi connectivity index (χ1) is 32.0. The number of benzene rings is 2. The number of likely N-dealkylation sites (tertiary alicyclic amines) is 1. The second kappa shape index (κ2) is 18.8. The van der Waals surface area contributed by atoms with Crippen LogP contribution < -0.4 is 19.7 Å². The second-order valence-electron chi connectivity index (χ2n) is 19.2. The SMILES string of the molecule is CC(C)c1ccccc1[C@@H]1CCCN1C1CC2(CCN(c3ccc(C(=O)NS(=O)(=O)c4cnc(NC[C@@H]5CCC(N=S(C)(C)=O)CO5)c([N+](=O)[O-])c4)c(Oc4cnc5[nH]ccc5c4)c3)CC2)C1. The van der Waals surface area contributed by atoms with E-state index in [0.29, 0.717) is 42.2 Å². The lowest BCUT2D eigenvalue weighted by Gasteiger charge is -2.56. The average Bonchev–Trinajstić information content (AvgIpc) is 3.97. The van der Waals surface area contributed by atoms with Crippen molar-refractivity contribution in [3.8, 4) is 11.5 Å². The Labute approximate surface area is 391 Å². The molecule has 3 saturated heterocycles. The van der Waals surface area contributed by atoms with Gasteiger partial charge >= 0.3 is 5.69 Å². The normalized spacial score (nSPS) is 21.3. The van der Waals surface area contributed by atoms with E-state index in [1.54, 1.807) is 43.0 Å². The molecule has 0 radical (unpaired) electrons. The van der Waals surface area contributed by atoms with Crippen LogP contribution in [-0.4, -0.2) is 107 Å². The Morgan fingerprint density at radius 1 is 1.01 bits per heavy atom. The maximum absolute atomic E-state index is 14.0. The summed E-state index contributed by atoms with van der Waals surface area (Å²) in [5.74, 6) is -0.185. The summed E-state index contributed by atoms with van der Waals surface area (Å²) in [7, 11) is -6.95. The lowest BCUT2D eigenvalue weighted by atomic mass is 9.59. The summed E-state index contributed by atoms with van der Waals surface area (Å²) in [5, 5.41) is 15.9. The number of amides is 1. The molecule has 1 spiro atoms. The number of hydrogen-bond acceptors (Lipinski definition) is 14. The highest BCUT2D eigenvalue weighted by atomic mass is 32.2. The van der Waals surface area contributed by atoms with Crippen molar-refractivity contribution in [2.45, 2.75) is 100 Å². The minimum atomic E-state index is -4.66. The van der Waals surface area contributed by atoms with Crippen molar-refractivity contribution in [1.29, 1.82) is 0 Å². The quantitative estimate of drug-likeness (QED) is 0.0708. The largest absolute Gasteiger partial charge is 0.455 e. The Morgan fingerprint density at radius 2 is 1.81 bits per heavy atom. The third-order valence-corrected chi connectivity index (χ3v) is 16.0. The third-order valence-electron chi connectivity index (χ3n) is 13.9. The van der Waals surface area contributed by atoms with Crippen molar-refractivity contribution in [2.24, 2.45) is 9.78 Å². The predicted octanol–water partition coefficient (Wildman–Crippen LogP) is 8.17. The molecule has 67 heavy (non-hydrogen) atoms. The number of nitrogens with one attached hydrogen (secondary N) is 3. The summed E-state index contributed by atoms with van der Waals surface area (Å²) in [6, 6.07) is 19.4. The number of H-pyrrole nitrogens is 1. The number of hydrogen-bond donors (Lipinski definition) is 3. The molecule has 17 nitrogen and oxygen atoms in total. The van der Waals surface area contributed by atoms with Crippen molar-refractivity contribution in [3.63, 3.8) is 0 Å². The summed E-state index contributed by atoms with van der Waals surface area (Å²) in [6.45, 7) is 7.78. The Morgan fingerprint density at radius 3 is 2.54 bits per heavy atom. The zero-order valence-electron chi connectivity index (χ0n) is 38.4. The van der Waals surface area contributed by atoms with Gasteiger partial charge in [-0.05, 0) is 105 Å². The molecule has 1 aliphatic carbocycles. The number of aromatic nitrogens is 3. The molecule has 19 heteroatoms. The van der Waals surface area contributed by atoms with Gasteiger partial charge in [-0.15, -0.1) is 0 Å². The first-order valence-corrected chi connectivity index (χ1v) is 26.9. The van der Waals surface area contributed by atoms with Gasteiger partial charge in [-0.1, -0.05) is 38.1 Å². The van der Waals surface area contributed by atoms with E-state index in [9.17, 15) is 27.5 Å². The zero-order chi connectivity index (χ0) is 47.1. The molecule has 5 aromatic rings. The van der Waals surface area contributed by atoms with Crippen LogP contribution in [0.15, 0.2) is 88.5 Å². The van der Waals surface area contributed by atoms with Crippen LogP contribution in [0.25, 0.3) is 11.0 Å². The third kappa shape index (κ3) is 10.3. The van der Waals surface area contributed by atoms with Gasteiger partial charge in [-0.25, -0.2) is 27.5 Å². The van der Waals surface area contributed by atoms with E-state index in [1.807, 2.05) is 6.07 Å². The molecule has 6 heterocycles. The Kier molecular flexibility index (Phi) is 13.0. The summed E-state index contributed by atoms with van der Waals surface area (Å²) >= 11 is 0. The van der Waals surface area contributed by atoms with Crippen molar-refractivity contribution >= 4 is 53.9 Å². The number of sulfonamides is 1. The summed E-state index contributed by atoms with van der Waals surface area (Å²) < 4.78 is 58.1. The average molecular weight is 954 g/mol. The standard InChI is InChI=1S/C48H59N9O8S2/c1-31(2)39-8-5-6-9-40(39)42-10-7-19-56(42)35-25-48(26-35)16-20-55(21-17-48)34-12-14-41(44(23-34)65-37-22-32-15-18-49-45(32)50-28-37)47(58)54-67(62,63)38-24-43(57(59)60)46(52-29-38)51-27-36-13-11-33(30-64-36)53-66(3,4)61/h5-6,8-9,12,14-15,18,22-24,28-29,31,33,35-36,42H,7,10-11,13,16-17,19-21,25-27,30H2,1-4H3,(H,49,50)(H,51,52)(H,54,58)/t33?,36-,42-/m0/s1. The number of carbonyl (C=O) groups is 1. The highest BCUT2D eigenvalue weighted by molar-refractivity contribution is 7.92. The van der Waals surface area contributed by atoms with Crippen LogP contribution in [0.4, 0.5) is 17.2 Å². The number of nitro groups is 1. The molecule has 356 valence electrons. The molecule has 1 unspecified atom stereocenters. The van der Waals surface area contributed by atoms with Crippen molar-refractivity contribution in [2.75, 3.05) is 55.5 Å². The topological polar surface area (TPSA) is 214 Å². The van der Waals surface area contributed by atoms with E-state index in [1.165, 1.54) is 43.0 Å². The van der Waals surface area contributed by atoms with Crippen LogP contribution in [0.1, 0.15) is 98.7 Å². The fraction of sp³-hybridized carbons (Fsp3) is 0.479. The van der Waals surface area contributed by atoms with Crippen LogP contribution in [0.5, 0.6) is 11.5 Å². The van der Waals surface area contributed by atoms with Gasteiger partial charge in [-0.3, -0.25) is 24.0 Å². The lowest BCUT2D eigenvalue weighted by Crippen LogP contribution is -2.54. The van der Waals surface area contributed by atoms with Gasteiger partial charge in [0.2, 0.25) is 5.82 Å². The van der Waals surface area contributed by atoms with Crippen LogP contribution in [0, 0.1) is 15.5 Å². The molecule has 3 atom stereocenters. The number of piperidine rings is 1. The van der Waals surface area contributed by atoms with Crippen molar-refractivity contribution in [1.82, 2.24) is 24.6 Å². The van der Waals surface area contributed by atoms with Crippen LogP contribution in [0.2, 0.25) is 0 Å². The molecule has 0 bridgehead atoms. The minimum absolute atomic E-state index is 0.0560. The molecule has 1 saturated carbocycles. The maximum Gasteiger partial charge on any atom is 0.312 e. The molecule has 3 aliphatic heterocycles. The van der Waals surface area contributed by atoms with Crippen LogP contribution >= 0.6 is 0 Å². The molecular weight excluding hydrogens is 895 g/mol. The number of carbonyl (C=O) groups excluding carboxylic acids is 1. The fourth-order valence-corrected chi connectivity index (χ4v) is 12.3. The zero-order valence-corrected chi connectivity index (χ0v) is 40.0. The molecular formula is C48H59N9O8S2. The number of aromatic amines is 1. The van der Waals surface area contributed by atoms with E-state index in [-0.39, 0.29) is 47.8 Å². The lowest BCUT2D eigenvalue weighted by molar-refractivity contribution is -0.384. The number of ether oxygens (including phenoxy) is 2. The molecule has 9 rings (SSSR count). The number of nitrogens with zero attached hydrogens (tertiary/aromatic N) is 6. The Bertz CT molecular complexity index is 2880. The summed E-state index contributed by atoms with van der Waals surface area (Å²) in [4.78, 5) is 41.5. The molecule has 2 aromatic carbocycles. The highest BCUT2D eigenvalue weighted by Crippen LogP contribution is 2.54. The number of anilines is 2. The Balaban J connectivity index is 0.882. The monoisotopic (exact) mass is 953 g/mol. The van der Waals surface area contributed by atoms with Gasteiger partial charge in [0.15, 0.2) is 0 Å². The minimum Gasteiger partial charge on any atom is -0.455 e. The highest BCUT2D eigenvalue weighted by Gasteiger charge is 2.50. The van der Waals surface area contributed by atoms with Crippen molar-refractivity contribution in [3.05, 3.63) is 106 Å². The van der Waals surface area contributed by atoms with Gasteiger partial charge in [0, 0.05) is 83.4 Å². The molecule has 3 aromatic heterocycles. The van der Waals surface area contributed by atoms with E-state index >= 15 is 0 Å². The van der Waals surface area contributed by atoms with E-state index in [4.69, 9.17) is 9.47 Å². The molecule has 4 aliphatic rings. The van der Waals surface area contributed by atoms with E-state index in [2.05, 4.69) is 77.3 Å². The second-order valence-corrected chi connectivity index (χ2v) is 23.4. The van der Waals surface area contributed by atoms with Gasteiger partial charge in [-0.2, -0.15) is 0 Å². The molecule has 4 fully saturated rings. The maximum atomic E-state index is 14.0. The summed E-state index contributed by atoms with van der Waals surface area (Å²) in [6.07, 6.45) is 15.1. The van der Waals surface area contributed by atoms with Crippen LogP contribution in [0.3, 0.4) is 0 Å². The van der Waals surface area contributed by atoms with Crippen molar-refractivity contribution < 1.29 is 31.8 Å². The summed E-state index contributed by atoms with van der Waals surface area (Å²) in [5.41, 5.74) is 4.08. The number of rotatable bonds is 14. The predicted molar refractivity (Wildman–Crippen MR) is 258 cm³/mol. The number of pyridine rings is 2. The van der Waals surface area contributed by atoms with Gasteiger partial charge in [0.1, 0.15) is 22.0 Å². The van der Waals surface area contributed by atoms with Gasteiger partial charge < -0.3 is 24.7 Å². The fourth-order valence-electron chi connectivity index (χ4n) is 10.5. The van der Waals surface area contributed by atoms with E-state index in [0.717, 1.165) is 55.8 Å². The molecule has 1 amide bonds. The number of fused-ring (bicyclic) bond motifs is 1. The molecule has 3 N–H and O–H groups in total.